The van der Waals surface area contributed by atoms with Gasteiger partial charge >= 0.3 is 0 Å². The average Bonchev–Trinajstić information content (AvgIpc) is 2.44. The Morgan fingerprint density at radius 2 is 2.26 bits per heavy atom. The summed E-state index contributed by atoms with van der Waals surface area (Å²) in [7, 11) is 0. The summed E-state index contributed by atoms with van der Waals surface area (Å²) in [5, 5.41) is 8.96. The van der Waals surface area contributed by atoms with Crippen molar-refractivity contribution in [3.63, 3.8) is 0 Å². The average molecular weight is 266 g/mol. The lowest BCUT2D eigenvalue weighted by molar-refractivity contribution is -0.121. The molecular weight excluding hydrogens is 244 g/mol. The summed E-state index contributed by atoms with van der Waals surface area (Å²) in [6.45, 7) is 3.75. The highest BCUT2D eigenvalue weighted by Gasteiger charge is 2.09. The first-order valence-electron chi connectivity index (χ1n) is 6.55. The minimum atomic E-state index is -0.143. The summed E-state index contributed by atoms with van der Waals surface area (Å²) >= 11 is 0. The molecule has 0 saturated carbocycles. The fourth-order valence-corrected chi connectivity index (χ4v) is 1.61. The van der Waals surface area contributed by atoms with Crippen LogP contribution < -0.4 is 10.9 Å². The van der Waals surface area contributed by atoms with E-state index in [1.54, 1.807) is 18.3 Å². The van der Waals surface area contributed by atoms with Crippen molar-refractivity contribution >= 4 is 11.7 Å². The molecule has 0 fully saturated rings. The molecule has 1 amide bonds. The molecule has 0 aliphatic heterocycles. The summed E-state index contributed by atoms with van der Waals surface area (Å²) in [5.74, 6) is 0.452. The Kier molecular flexibility index (Phi) is 7.53. The lowest BCUT2D eigenvalue weighted by atomic mass is 10.3. The Hall–Kier alpha value is -1.66. The van der Waals surface area contributed by atoms with Gasteiger partial charge in [0, 0.05) is 12.7 Å². The number of hydrogen-bond acceptors (Lipinski definition) is 5. The lowest BCUT2D eigenvalue weighted by Crippen LogP contribution is -2.41. The standard InChI is InChI=1S/C13H22N4O2/c1-2-3-8-17(9-10-18)11-13(19)16-15-12-6-4-5-7-14-12/h4-7,18H,2-3,8-11H2,1H3,(H,14,15)(H,16,19). The van der Waals surface area contributed by atoms with Crippen LogP contribution in [-0.2, 0) is 4.79 Å². The van der Waals surface area contributed by atoms with Crippen LogP contribution in [0.5, 0.6) is 0 Å². The van der Waals surface area contributed by atoms with Crippen molar-refractivity contribution in [2.75, 3.05) is 31.7 Å². The molecule has 0 unspecified atom stereocenters. The normalized spacial score (nSPS) is 10.5. The van der Waals surface area contributed by atoms with E-state index in [9.17, 15) is 4.79 Å². The molecule has 0 bridgehead atoms. The van der Waals surface area contributed by atoms with E-state index in [0.29, 0.717) is 12.4 Å². The number of amides is 1. The van der Waals surface area contributed by atoms with Crippen LogP contribution >= 0.6 is 0 Å². The number of nitrogens with one attached hydrogen (secondary N) is 2. The molecule has 19 heavy (non-hydrogen) atoms. The largest absolute Gasteiger partial charge is 0.395 e. The third-order valence-corrected chi connectivity index (χ3v) is 2.61. The molecule has 1 aromatic heterocycles. The monoisotopic (exact) mass is 266 g/mol. The van der Waals surface area contributed by atoms with Gasteiger partial charge in [0.05, 0.1) is 13.2 Å². The van der Waals surface area contributed by atoms with E-state index >= 15 is 0 Å². The number of hydrogen-bond donors (Lipinski definition) is 3. The molecular formula is C13H22N4O2. The maximum Gasteiger partial charge on any atom is 0.252 e. The van der Waals surface area contributed by atoms with Crippen LogP contribution in [0.1, 0.15) is 19.8 Å². The summed E-state index contributed by atoms with van der Waals surface area (Å²) < 4.78 is 0. The minimum Gasteiger partial charge on any atom is -0.395 e. The third kappa shape index (κ3) is 6.73. The predicted molar refractivity (Wildman–Crippen MR) is 74.4 cm³/mol. The first-order valence-corrected chi connectivity index (χ1v) is 6.55. The Morgan fingerprint density at radius 1 is 1.42 bits per heavy atom. The third-order valence-electron chi connectivity index (χ3n) is 2.61. The van der Waals surface area contributed by atoms with Gasteiger partial charge in [-0.3, -0.25) is 20.5 Å². The highest BCUT2D eigenvalue weighted by molar-refractivity contribution is 5.79. The van der Waals surface area contributed by atoms with Crippen molar-refractivity contribution in [3.8, 4) is 0 Å². The summed E-state index contributed by atoms with van der Waals surface area (Å²) in [6, 6.07) is 5.41. The molecule has 1 aromatic rings. The zero-order valence-electron chi connectivity index (χ0n) is 11.3. The van der Waals surface area contributed by atoms with Gasteiger partial charge in [-0.1, -0.05) is 19.4 Å². The molecule has 0 aliphatic carbocycles. The van der Waals surface area contributed by atoms with Crippen LogP contribution in [0.4, 0.5) is 5.82 Å². The number of nitrogens with zero attached hydrogens (tertiary/aromatic N) is 2. The predicted octanol–water partition coefficient (Wildman–Crippen LogP) is 0.619. The first-order chi connectivity index (χ1) is 9.26. The zero-order valence-corrected chi connectivity index (χ0v) is 11.3. The maximum absolute atomic E-state index is 11.7. The second-order valence-corrected chi connectivity index (χ2v) is 4.24. The second kappa shape index (κ2) is 9.29. The second-order valence-electron chi connectivity index (χ2n) is 4.24. The topological polar surface area (TPSA) is 77.5 Å². The number of unbranched alkanes of at least 4 members (excludes halogenated alkanes) is 1. The summed E-state index contributed by atoms with van der Waals surface area (Å²) in [4.78, 5) is 17.7. The van der Waals surface area contributed by atoms with Gasteiger partial charge in [0.15, 0.2) is 0 Å². The minimum absolute atomic E-state index is 0.0602. The molecule has 3 N–H and O–H groups in total. The SMILES string of the molecule is CCCCN(CCO)CC(=O)NNc1ccccn1. The number of carbonyl (C=O) groups excluding carboxylic acids is 1. The number of pyridine rings is 1. The van der Waals surface area contributed by atoms with Crippen LogP contribution in [-0.4, -0.2) is 47.1 Å². The smallest absolute Gasteiger partial charge is 0.252 e. The maximum atomic E-state index is 11.7. The number of aromatic nitrogens is 1. The molecule has 106 valence electrons. The van der Waals surface area contributed by atoms with Crippen LogP contribution in [0.2, 0.25) is 0 Å². The van der Waals surface area contributed by atoms with Crippen LogP contribution in [0.3, 0.4) is 0 Å². The van der Waals surface area contributed by atoms with E-state index in [4.69, 9.17) is 5.11 Å². The molecule has 1 heterocycles. The van der Waals surface area contributed by atoms with Gasteiger partial charge in [0.25, 0.3) is 5.91 Å². The molecule has 1 rings (SSSR count). The van der Waals surface area contributed by atoms with Crippen molar-refractivity contribution in [1.82, 2.24) is 15.3 Å². The van der Waals surface area contributed by atoms with Crippen molar-refractivity contribution in [1.29, 1.82) is 0 Å². The number of carbonyl (C=O) groups is 1. The van der Waals surface area contributed by atoms with E-state index in [1.165, 1.54) is 0 Å². The summed E-state index contributed by atoms with van der Waals surface area (Å²) in [6.07, 6.45) is 3.73. The molecule has 0 saturated heterocycles. The van der Waals surface area contributed by atoms with Gasteiger partial charge < -0.3 is 5.11 Å². The number of aliphatic hydroxyl groups excluding tert-OH is 1. The molecule has 0 aromatic carbocycles. The number of hydrazine groups is 1. The summed E-state index contributed by atoms with van der Waals surface area (Å²) in [5.41, 5.74) is 5.34. The van der Waals surface area contributed by atoms with Gasteiger partial charge in [-0.2, -0.15) is 0 Å². The van der Waals surface area contributed by atoms with Crippen molar-refractivity contribution < 1.29 is 9.90 Å². The van der Waals surface area contributed by atoms with Gasteiger partial charge in [-0.05, 0) is 25.1 Å². The van der Waals surface area contributed by atoms with E-state index in [0.717, 1.165) is 19.4 Å². The molecule has 0 spiro atoms. The first kappa shape index (κ1) is 15.4. The van der Waals surface area contributed by atoms with Gasteiger partial charge in [-0.15, -0.1) is 0 Å². The quantitative estimate of drug-likeness (QED) is 0.571. The van der Waals surface area contributed by atoms with Crippen molar-refractivity contribution in [2.45, 2.75) is 19.8 Å². The molecule has 0 aliphatic rings. The lowest BCUT2D eigenvalue weighted by Gasteiger charge is -2.20. The molecule has 6 nitrogen and oxygen atoms in total. The van der Waals surface area contributed by atoms with E-state index in [1.807, 2.05) is 11.0 Å². The van der Waals surface area contributed by atoms with E-state index < -0.39 is 0 Å². The van der Waals surface area contributed by atoms with Crippen LogP contribution in [0.15, 0.2) is 24.4 Å². The fraction of sp³-hybridized carbons (Fsp3) is 0.538. The van der Waals surface area contributed by atoms with Gasteiger partial charge in [-0.25, -0.2) is 4.98 Å². The number of aliphatic hydroxyl groups is 1. The fourth-order valence-electron chi connectivity index (χ4n) is 1.61. The Balaban J connectivity index is 2.31. The Labute approximate surface area is 113 Å². The highest BCUT2D eigenvalue weighted by Crippen LogP contribution is 1.97. The Morgan fingerprint density at radius 3 is 2.89 bits per heavy atom. The van der Waals surface area contributed by atoms with Crippen LogP contribution in [0.25, 0.3) is 0 Å². The molecule has 0 atom stereocenters. The highest BCUT2D eigenvalue weighted by atomic mass is 16.3. The molecule has 6 heteroatoms. The van der Waals surface area contributed by atoms with E-state index in [2.05, 4.69) is 22.8 Å². The van der Waals surface area contributed by atoms with Crippen molar-refractivity contribution in [2.24, 2.45) is 0 Å². The Bertz CT molecular complexity index is 359. The van der Waals surface area contributed by atoms with E-state index in [-0.39, 0.29) is 19.1 Å². The van der Waals surface area contributed by atoms with Crippen LogP contribution in [0, 0.1) is 0 Å². The van der Waals surface area contributed by atoms with Gasteiger partial charge in [0.2, 0.25) is 0 Å². The van der Waals surface area contributed by atoms with Gasteiger partial charge in [0.1, 0.15) is 5.82 Å². The molecule has 0 radical (unpaired) electrons. The van der Waals surface area contributed by atoms with Crippen molar-refractivity contribution in [3.05, 3.63) is 24.4 Å². The zero-order chi connectivity index (χ0) is 13.9. The number of rotatable bonds is 9. The number of anilines is 1.